The van der Waals surface area contributed by atoms with Gasteiger partial charge >= 0.3 is 12.4 Å². The van der Waals surface area contributed by atoms with Gasteiger partial charge in [0.05, 0.1) is 26.4 Å². The number of Topliss-reactive ketones (excluding diaryl/α,β-unsaturated/α-hetero) is 1. The van der Waals surface area contributed by atoms with Gasteiger partial charge in [-0.1, -0.05) is 69.0 Å². The Bertz CT molecular complexity index is 1560. The van der Waals surface area contributed by atoms with Crippen LogP contribution >= 0.6 is 50.7 Å². The monoisotopic (exact) mass is 715 g/mol. The minimum absolute atomic E-state index is 0.0609. The summed E-state index contributed by atoms with van der Waals surface area (Å²) in [7, 11) is 1.25. The van der Waals surface area contributed by atoms with Gasteiger partial charge in [-0.3, -0.25) is 14.3 Å². The van der Waals surface area contributed by atoms with Crippen molar-refractivity contribution in [3.05, 3.63) is 84.4 Å². The molecule has 224 valence electrons. The van der Waals surface area contributed by atoms with Crippen LogP contribution in [0, 0.1) is 5.41 Å². The van der Waals surface area contributed by atoms with Crippen molar-refractivity contribution >= 4 is 74.3 Å². The summed E-state index contributed by atoms with van der Waals surface area (Å²) < 4.78 is 81.6. The topological polar surface area (TPSA) is 64.0 Å². The second kappa shape index (κ2) is 11.9. The Morgan fingerprint density at radius 2 is 1.69 bits per heavy atom. The summed E-state index contributed by atoms with van der Waals surface area (Å²) in [4.78, 5) is 26.0. The van der Waals surface area contributed by atoms with E-state index in [9.17, 15) is 35.9 Å². The molecule has 0 aliphatic heterocycles. The molecule has 4 rings (SSSR count). The van der Waals surface area contributed by atoms with Crippen LogP contribution in [0.5, 0.6) is 0 Å². The highest BCUT2D eigenvalue weighted by atomic mass is 79.9. The highest BCUT2D eigenvalue weighted by Gasteiger charge is 2.51. The fourth-order valence-electron chi connectivity index (χ4n) is 4.24. The Balaban J connectivity index is 1.48. The molecule has 1 aromatic heterocycles. The van der Waals surface area contributed by atoms with Gasteiger partial charge in [0.25, 0.3) is 0 Å². The molecule has 1 saturated carbocycles. The average Bonchev–Trinajstić information content (AvgIpc) is 3.55. The van der Waals surface area contributed by atoms with Crippen LogP contribution < -0.4 is 5.32 Å². The molecule has 0 bridgehead atoms. The smallest absolute Gasteiger partial charge is 0.310 e. The molecular formula is C27H19BrCl3F6N3O2. The number of hydrogen-bond acceptors (Lipinski definition) is 3. The molecule has 42 heavy (non-hydrogen) atoms. The predicted octanol–water partition coefficient (Wildman–Crippen LogP) is 9.51. The largest absolute Gasteiger partial charge is 0.435 e. The maximum atomic E-state index is 13.9. The summed E-state index contributed by atoms with van der Waals surface area (Å²) in [6.45, 7) is 0. The minimum atomic E-state index is -4.69. The number of nitrogens with zero attached hydrogens (tertiary/aromatic N) is 2. The highest BCUT2D eigenvalue weighted by molar-refractivity contribution is 9.10. The lowest BCUT2D eigenvalue weighted by Crippen LogP contribution is -2.27. The van der Waals surface area contributed by atoms with Gasteiger partial charge in [0.15, 0.2) is 11.5 Å². The van der Waals surface area contributed by atoms with E-state index < -0.39 is 41.1 Å². The van der Waals surface area contributed by atoms with E-state index in [-0.39, 0.29) is 42.9 Å². The lowest BCUT2D eigenvalue weighted by molar-refractivity contribution is -0.141. The number of alkyl halides is 6. The Morgan fingerprint density at radius 1 is 1.07 bits per heavy atom. The molecule has 1 N–H and O–H groups in total. The number of aromatic nitrogens is 2. The van der Waals surface area contributed by atoms with Crippen LogP contribution in [0.3, 0.4) is 0 Å². The van der Waals surface area contributed by atoms with Gasteiger partial charge in [0, 0.05) is 29.6 Å². The number of halogens is 10. The molecule has 1 aliphatic rings. The zero-order chi connectivity index (χ0) is 31.2. The molecular weight excluding hydrogens is 699 g/mol. The number of ketones is 1. The molecule has 1 atom stereocenters. The lowest BCUT2D eigenvalue weighted by atomic mass is 9.93. The van der Waals surface area contributed by atoms with Gasteiger partial charge in [-0.25, -0.2) is 0 Å². The van der Waals surface area contributed by atoms with Gasteiger partial charge in [-0.15, -0.1) is 0 Å². The fraction of sp³-hybridized carbons (Fsp3) is 0.296. The van der Waals surface area contributed by atoms with E-state index in [0.29, 0.717) is 24.5 Å². The number of rotatable bonds is 8. The third kappa shape index (κ3) is 7.15. The summed E-state index contributed by atoms with van der Waals surface area (Å²) in [5, 5.41) is 5.46. The van der Waals surface area contributed by atoms with Crippen LogP contribution in [0.2, 0.25) is 15.1 Å². The Morgan fingerprint density at radius 3 is 2.19 bits per heavy atom. The third-order valence-electron chi connectivity index (χ3n) is 6.74. The zero-order valence-corrected chi connectivity index (χ0v) is 25.2. The molecule has 1 fully saturated rings. The van der Waals surface area contributed by atoms with E-state index in [1.807, 2.05) is 0 Å². The van der Waals surface area contributed by atoms with Gasteiger partial charge in [-0.2, -0.15) is 31.4 Å². The maximum absolute atomic E-state index is 13.9. The number of nitrogens with one attached hydrogen (secondary N) is 1. The third-order valence-corrected chi connectivity index (χ3v) is 8.59. The van der Waals surface area contributed by atoms with Gasteiger partial charge in [-0.05, 0) is 48.2 Å². The van der Waals surface area contributed by atoms with E-state index in [2.05, 4.69) is 26.3 Å². The Hall–Kier alpha value is -2.54. The summed E-state index contributed by atoms with van der Waals surface area (Å²) in [5.41, 5.74) is -1.94. The zero-order valence-electron chi connectivity index (χ0n) is 21.3. The molecule has 1 amide bonds. The SMILES string of the molecule is Cn1nc(C(F)(F)F)cc1NC(=O)C1(CC(=O)c2ccc(/C=C/C(c3cc(Cl)c(Cl)c(Cl)c3)C(F)(F)F)cc2Br)CC1. The molecule has 0 saturated heterocycles. The van der Waals surface area contributed by atoms with Crippen molar-refractivity contribution < 1.29 is 35.9 Å². The molecule has 1 unspecified atom stereocenters. The Kier molecular flexibility index (Phi) is 9.14. The molecule has 3 aromatic rings. The van der Waals surface area contributed by atoms with Crippen molar-refractivity contribution in [2.24, 2.45) is 12.5 Å². The highest BCUT2D eigenvalue weighted by Crippen LogP contribution is 2.50. The first kappa shape index (κ1) is 32.4. The summed E-state index contributed by atoms with van der Waals surface area (Å²) in [6.07, 6.45) is -6.72. The second-order valence-electron chi connectivity index (χ2n) is 9.79. The number of carbonyl (C=O) groups excluding carboxylic acids is 2. The first-order chi connectivity index (χ1) is 19.4. The van der Waals surface area contributed by atoms with Crippen LogP contribution in [0.4, 0.5) is 32.2 Å². The van der Waals surface area contributed by atoms with Crippen molar-refractivity contribution in [1.82, 2.24) is 9.78 Å². The standard InChI is InChI=1S/C27H19BrCl3F6N3O2/c1-40-22(11-21(39-40)27(35,36)37)38-24(42)25(6-7-25)12-20(41)15-4-2-13(8-17(15)28)3-5-16(26(32,33)34)14-9-18(29)23(31)19(30)10-14/h2-5,8-11,16H,6-7,12H2,1H3,(H,38,42)/b5-3+. The van der Waals surface area contributed by atoms with Crippen LogP contribution in [0.15, 0.2) is 46.9 Å². The van der Waals surface area contributed by atoms with Crippen molar-refractivity contribution in [3.8, 4) is 0 Å². The number of benzene rings is 2. The number of amides is 1. The first-order valence-electron chi connectivity index (χ1n) is 12.1. The predicted molar refractivity (Wildman–Crippen MR) is 151 cm³/mol. The van der Waals surface area contributed by atoms with Crippen molar-refractivity contribution in [3.63, 3.8) is 0 Å². The summed E-state index contributed by atoms with van der Waals surface area (Å²) >= 11 is 21.0. The lowest BCUT2D eigenvalue weighted by Gasteiger charge is -2.18. The maximum Gasteiger partial charge on any atom is 0.435 e. The van der Waals surface area contributed by atoms with E-state index >= 15 is 0 Å². The number of anilines is 1. The van der Waals surface area contributed by atoms with Crippen LogP contribution in [0.25, 0.3) is 6.08 Å². The van der Waals surface area contributed by atoms with E-state index in [1.54, 1.807) is 0 Å². The molecule has 2 aromatic carbocycles. The molecule has 15 heteroatoms. The minimum Gasteiger partial charge on any atom is -0.310 e. The van der Waals surface area contributed by atoms with Crippen molar-refractivity contribution in [1.29, 1.82) is 0 Å². The van der Waals surface area contributed by atoms with E-state index in [1.165, 1.54) is 31.3 Å². The summed E-state index contributed by atoms with van der Waals surface area (Å²) in [6, 6.07) is 7.19. The fourth-order valence-corrected chi connectivity index (χ4v) is 5.47. The molecule has 0 spiro atoms. The molecule has 1 aliphatic carbocycles. The van der Waals surface area contributed by atoms with Crippen LogP contribution in [0.1, 0.15) is 52.4 Å². The number of allylic oxidation sites excluding steroid dienone is 1. The van der Waals surface area contributed by atoms with Crippen LogP contribution in [-0.2, 0) is 18.0 Å². The summed E-state index contributed by atoms with van der Waals surface area (Å²) in [5.74, 6) is -3.25. The second-order valence-corrected chi connectivity index (χ2v) is 11.8. The normalized spacial score (nSPS) is 15.6. The number of aryl methyl sites for hydroxylation is 1. The number of hydrogen-bond donors (Lipinski definition) is 1. The van der Waals surface area contributed by atoms with Crippen LogP contribution in [-0.4, -0.2) is 27.6 Å². The Labute approximate surface area is 258 Å². The van der Waals surface area contributed by atoms with Gasteiger partial charge in [0.2, 0.25) is 5.91 Å². The molecule has 0 radical (unpaired) electrons. The molecule has 5 nitrogen and oxygen atoms in total. The van der Waals surface area contributed by atoms with E-state index in [4.69, 9.17) is 34.8 Å². The van der Waals surface area contributed by atoms with E-state index in [0.717, 1.165) is 22.9 Å². The van der Waals surface area contributed by atoms with Crippen molar-refractivity contribution in [2.75, 3.05) is 5.32 Å². The number of carbonyl (C=O) groups is 2. The average molecular weight is 718 g/mol. The van der Waals surface area contributed by atoms with Gasteiger partial charge < -0.3 is 5.32 Å². The first-order valence-corrected chi connectivity index (χ1v) is 14.0. The van der Waals surface area contributed by atoms with Gasteiger partial charge in [0.1, 0.15) is 5.82 Å². The van der Waals surface area contributed by atoms with Crippen molar-refractivity contribution in [2.45, 2.75) is 37.5 Å². The quantitative estimate of drug-likeness (QED) is 0.144. The molecule has 1 heterocycles.